The number of benzene rings is 1. The Morgan fingerprint density at radius 1 is 1.04 bits per heavy atom. The van der Waals surface area contributed by atoms with Crippen LogP contribution in [0.4, 0.5) is 0 Å². The van der Waals surface area contributed by atoms with Crippen LogP contribution >= 0.6 is 24.8 Å². The Labute approximate surface area is 169 Å². The van der Waals surface area contributed by atoms with Gasteiger partial charge in [-0.25, -0.2) is 0 Å². The molecule has 0 amide bonds. The predicted molar refractivity (Wildman–Crippen MR) is 112 cm³/mol. The highest BCUT2D eigenvalue weighted by molar-refractivity contribution is 5.85. The number of hydrogen-bond acceptors (Lipinski definition) is 3. The second-order valence-corrected chi connectivity index (χ2v) is 7.29. The van der Waals surface area contributed by atoms with Gasteiger partial charge in [0.25, 0.3) is 0 Å². The summed E-state index contributed by atoms with van der Waals surface area (Å²) in [5, 5.41) is 11.4. The van der Waals surface area contributed by atoms with Gasteiger partial charge in [0, 0.05) is 30.6 Å². The third-order valence-electron chi connectivity index (χ3n) is 5.62. The van der Waals surface area contributed by atoms with E-state index in [1.54, 1.807) is 0 Å². The quantitative estimate of drug-likeness (QED) is 0.826. The van der Waals surface area contributed by atoms with Crippen LogP contribution in [-0.2, 0) is 6.42 Å². The summed E-state index contributed by atoms with van der Waals surface area (Å²) < 4.78 is 0. The van der Waals surface area contributed by atoms with Gasteiger partial charge in [-0.2, -0.15) is 5.10 Å². The summed E-state index contributed by atoms with van der Waals surface area (Å²) >= 11 is 0. The molecule has 2 aliphatic heterocycles. The van der Waals surface area contributed by atoms with Gasteiger partial charge in [0.2, 0.25) is 0 Å². The van der Waals surface area contributed by atoms with Crippen molar-refractivity contribution in [2.45, 2.75) is 44.1 Å². The molecule has 0 aliphatic carbocycles. The Bertz CT molecular complexity index is 632. The Balaban J connectivity index is 0.00000121. The molecular weight excluding hydrogens is 367 g/mol. The van der Waals surface area contributed by atoms with E-state index < -0.39 is 0 Å². The van der Waals surface area contributed by atoms with E-state index in [9.17, 15) is 0 Å². The minimum atomic E-state index is 0. The lowest BCUT2D eigenvalue weighted by Gasteiger charge is -2.39. The molecule has 2 aromatic rings. The third kappa shape index (κ3) is 5.23. The lowest BCUT2D eigenvalue weighted by Crippen LogP contribution is -2.48. The van der Waals surface area contributed by atoms with Crippen LogP contribution < -0.4 is 5.32 Å². The minimum absolute atomic E-state index is 0. The summed E-state index contributed by atoms with van der Waals surface area (Å²) in [6.45, 7) is 4.81. The van der Waals surface area contributed by atoms with Crippen LogP contribution in [0.15, 0.2) is 36.4 Å². The lowest BCUT2D eigenvalue weighted by atomic mass is 9.91. The van der Waals surface area contributed by atoms with E-state index in [2.05, 4.69) is 56.8 Å². The average molecular weight is 397 g/mol. The largest absolute Gasteiger partial charge is 0.315 e. The fourth-order valence-electron chi connectivity index (χ4n) is 4.20. The molecule has 1 unspecified atom stereocenters. The predicted octanol–water partition coefficient (Wildman–Crippen LogP) is 3.78. The van der Waals surface area contributed by atoms with Crippen molar-refractivity contribution >= 4 is 24.8 Å². The maximum atomic E-state index is 4.62. The number of H-pyrrole nitrogens is 1. The molecule has 2 aliphatic rings. The molecule has 0 spiro atoms. The second-order valence-electron chi connectivity index (χ2n) is 7.29. The van der Waals surface area contributed by atoms with Crippen LogP contribution in [0.25, 0.3) is 0 Å². The standard InChI is InChI=1S/C20H28N4.2ClH/c1-2-5-16(6-3-1)13-18-14-20(23-22-18)17-8-11-24(12-9-17)19-7-4-10-21-15-19;;/h1-3,5-6,14,17,19,21H,4,7-13,15H2,(H,22,23);2*1H. The summed E-state index contributed by atoms with van der Waals surface area (Å²) in [4.78, 5) is 2.69. The highest BCUT2D eigenvalue weighted by atomic mass is 35.5. The van der Waals surface area contributed by atoms with Crippen molar-refractivity contribution in [3.05, 3.63) is 53.3 Å². The first kappa shape index (κ1) is 21.2. The first-order valence-electron chi connectivity index (χ1n) is 9.41. The van der Waals surface area contributed by atoms with Gasteiger partial charge in [0.15, 0.2) is 0 Å². The minimum Gasteiger partial charge on any atom is -0.315 e. The Kier molecular flexibility index (Phi) is 8.42. The van der Waals surface area contributed by atoms with Crippen LogP contribution in [0.1, 0.15) is 48.6 Å². The van der Waals surface area contributed by atoms with E-state index in [0.29, 0.717) is 5.92 Å². The monoisotopic (exact) mass is 396 g/mol. The number of halogens is 2. The molecule has 0 saturated carbocycles. The molecular formula is C20H30Cl2N4. The van der Waals surface area contributed by atoms with Gasteiger partial charge in [-0.15, -0.1) is 24.8 Å². The number of hydrogen-bond donors (Lipinski definition) is 2. The van der Waals surface area contributed by atoms with E-state index >= 15 is 0 Å². The fraction of sp³-hybridized carbons (Fsp3) is 0.550. The second kappa shape index (κ2) is 10.3. The molecule has 2 N–H and O–H groups in total. The molecule has 4 rings (SSSR count). The summed E-state index contributed by atoms with van der Waals surface area (Å²) in [5.41, 5.74) is 3.84. The van der Waals surface area contributed by atoms with E-state index in [-0.39, 0.29) is 24.8 Å². The summed E-state index contributed by atoms with van der Waals surface area (Å²) in [5.74, 6) is 0.624. The van der Waals surface area contributed by atoms with Crippen molar-refractivity contribution in [3.63, 3.8) is 0 Å². The Morgan fingerprint density at radius 3 is 2.50 bits per heavy atom. The molecule has 1 atom stereocenters. The number of rotatable bonds is 4. The number of aromatic amines is 1. The fourth-order valence-corrected chi connectivity index (χ4v) is 4.20. The van der Waals surface area contributed by atoms with Gasteiger partial charge < -0.3 is 5.32 Å². The SMILES string of the molecule is Cl.Cl.c1ccc(Cc2cc(C3CCN(C4CCCNC4)CC3)n[nH]2)cc1. The Morgan fingerprint density at radius 2 is 1.81 bits per heavy atom. The third-order valence-corrected chi connectivity index (χ3v) is 5.62. The highest BCUT2D eigenvalue weighted by Gasteiger charge is 2.27. The summed E-state index contributed by atoms with van der Waals surface area (Å²) in [7, 11) is 0. The van der Waals surface area contributed by atoms with Crippen LogP contribution in [0.5, 0.6) is 0 Å². The summed E-state index contributed by atoms with van der Waals surface area (Å²) in [6.07, 6.45) is 6.12. The Hall–Kier alpha value is -1.07. The van der Waals surface area contributed by atoms with Crippen LogP contribution in [0.2, 0.25) is 0 Å². The molecule has 2 fully saturated rings. The number of aromatic nitrogens is 2. The van der Waals surface area contributed by atoms with Gasteiger partial charge in [-0.3, -0.25) is 10.00 Å². The highest BCUT2D eigenvalue weighted by Crippen LogP contribution is 2.29. The van der Waals surface area contributed by atoms with Crippen molar-refractivity contribution in [1.29, 1.82) is 0 Å². The zero-order valence-electron chi connectivity index (χ0n) is 15.2. The molecule has 3 heterocycles. The van der Waals surface area contributed by atoms with Gasteiger partial charge >= 0.3 is 0 Å². The maximum absolute atomic E-state index is 4.62. The summed E-state index contributed by atoms with van der Waals surface area (Å²) in [6, 6.07) is 13.7. The molecule has 144 valence electrons. The van der Waals surface area contributed by atoms with Crippen LogP contribution in [-0.4, -0.2) is 47.3 Å². The van der Waals surface area contributed by atoms with Gasteiger partial charge in [0.1, 0.15) is 0 Å². The molecule has 4 nitrogen and oxygen atoms in total. The lowest BCUT2D eigenvalue weighted by molar-refractivity contribution is 0.129. The molecule has 1 aromatic carbocycles. The number of nitrogens with zero attached hydrogens (tertiary/aromatic N) is 2. The maximum Gasteiger partial charge on any atom is 0.0656 e. The topological polar surface area (TPSA) is 44.0 Å². The van der Waals surface area contributed by atoms with Crippen LogP contribution in [0, 0.1) is 0 Å². The van der Waals surface area contributed by atoms with Gasteiger partial charge in [-0.05, 0) is 56.9 Å². The molecule has 6 heteroatoms. The normalized spacial score (nSPS) is 21.6. The van der Waals surface area contributed by atoms with Gasteiger partial charge in [0.05, 0.1) is 5.69 Å². The zero-order valence-corrected chi connectivity index (χ0v) is 16.8. The molecule has 0 bridgehead atoms. The number of nitrogens with one attached hydrogen (secondary N) is 2. The molecule has 0 radical (unpaired) electrons. The van der Waals surface area contributed by atoms with E-state index in [1.807, 2.05) is 0 Å². The molecule has 2 saturated heterocycles. The number of piperidine rings is 2. The average Bonchev–Trinajstić information content (AvgIpc) is 3.12. The van der Waals surface area contributed by atoms with E-state index in [4.69, 9.17) is 0 Å². The van der Waals surface area contributed by atoms with Crippen molar-refractivity contribution in [2.75, 3.05) is 26.2 Å². The van der Waals surface area contributed by atoms with E-state index in [0.717, 1.165) is 12.5 Å². The molecule has 26 heavy (non-hydrogen) atoms. The van der Waals surface area contributed by atoms with Crippen molar-refractivity contribution in [2.24, 2.45) is 0 Å². The van der Waals surface area contributed by atoms with Crippen molar-refractivity contribution in [1.82, 2.24) is 20.4 Å². The van der Waals surface area contributed by atoms with E-state index in [1.165, 1.54) is 68.8 Å². The first-order chi connectivity index (χ1) is 11.9. The van der Waals surface area contributed by atoms with Crippen LogP contribution in [0.3, 0.4) is 0 Å². The molecule has 1 aromatic heterocycles. The number of likely N-dealkylation sites (tertiary alicyclic amines) is 1. The first-order valence-corrected chi connectivity index (χ1v) is 9.41. The smallest absolute Gasteiger partial charge is 0.0656 e. The van der Waals surface area contributed by atoms with Crippen molar-refractivity contribution in [3.8, 4) is 0 Å². The van der Waals surface area contributed by atoms with Crippen molar-refractivity contribution < 1.29 is 0 Å². The zero-order chi connectivity index (χ0) is 16.2. The van der Waals surface area contributed by atoms with Gasteiger partial charge in [-0.1, -0.05) is 30.3 Å².